The molecule has 112 valence electrons. The Bertz CT molecular complexity index is 407. The third kappa shape index (κ3) is 4.32. The summed E-state index contributed by atoms with van der Waals surface area (Å²) in [5, 5.41) is 3.71. The van der Waals surface area contributed by atoms with Crippen LogP contribution < -0.4 is 5.32 Å². The fourth-order valence-electron chi connectivity index (χ4n) is 3.36. The molecular weight excluding hydrogens is 244 g/mol. The van der Waals surface area contributed by atoms with Gasteiger partial charge in [0.25, 0.3) is 0 Å². The van der Waals surface area contributed by atoms with Crippen LogP contribution in [-0.2, 0) is 6.54 Å². The van der Waals surface area contributed by atoms with Gasteiger partial charge in [-0.1, -0.05) is 42.7 Å². The molecule has 1 aliphatic rings. The number of aryl methyl sites for hydroxylation is 2. The SMILES string of the molecule is CCCC1CN(Cc2cc(C)cc(C)c2)C(C)CCN1. The van der Waals surface area contributed by atoms with E-state index in [4.69, 9.17) is 0 Å². The Labute approximate surface area is 124 Å². The van der Waals surface area contributed by atoms with Crippen LogP contribution in [0.3, 0.4) is 0 Å². The van der Waals surface area contributed by atoms with Gasteiger partial charge in [-0.25, -0.2) is 0 Å². The van der Waals surface area contributed by atoms with Crippen molar-refractivity contribution in [1.29, 1.82) is 0 Å². The Morgan fingerprint density at radius 1 is 1.20 bits per heavy atom. The summed E-state index contributed by atoms with van der Waals surface area (Å²) in [5.74, 6) is 0. The first-order valence-electron chi connectivity index (χ1n) is 8.13. The summed E-state index contributed by atoms with van der Waals surface area (Å²) in [5.41, 5.74) is 4.22. The van der Waals surface area contributed by atoms with Crippen LogP contribution in [0.4, 0.5) is 0 Å². The maximum Gasteiger partial charge on any atom is 0.0237 e. The van der Waals surface area contributed by atoms with E-state index in [0.29, 0.717) is 12.1 Å². The summed E-state index contributed by atoms with van der Waals surface area (Å²) in [4.78, 5) is 2.66. The van der Waals surface area contributed by atoms with Crippen molar-refractivity contribution >= 4 is 0 Å². The van der Waals surface area contributed by atoms with Crippen molar-refractivity contribution in [3.8, 4) is 0 Å². The Morgan fingerprint density at radius 3 is 2.55 bits per heavy atom. The average molecular weight is 274 g/mol. The molecular formula is C18H30N2. The number of nitrogens with zero attached hydrogens (tertiary/aromatic N) is 1. The number of benzene rings is 1. The first-order chi connectivity index (χ1) is 9.58. The van der Waals surface area contributed by atoms with Crippen molar-refractivity contribution in [1.82, 2.24) is 10.2 Å². The highest BCUT2D eigenvalue weighted by Crippen LogP contribution is 2.17. The first kappa shape index (κ1) is 15.5. The normalized spacial score (nSPS) is 24.6. The molecule has 0 aromatic heterocycles. The van der Waals surface area contributed by atoms with Gasteiger partial charge in [0.05, 0.1) is 0 Å². The van der Waals surface area contributed by atoms with Crippen LogP contribution >= 0.6 is 0 Å². The van der Waals surface area contributed by atoms with E-state index in [1.54, 1.807) is 0 Å². The zero-order valence-corrected chi connectivity index (χ0v) is 13.6. The smallest absolute Gasteiger partial charge is 0.0237 e. The third-order valence-corrected chi connectivity index (χ3v) is 4.38. The average Bonchev–Trinajstić information content (AvgIpc) is 2.52. The Kier molecular flexibility index (Phi) is 5.62. The highest BCUT2D eigenvalue weighted by Gasteiger charge is 2.22. The van der Waals surface area contributed by atoms with E-state index >= 15 is 0 Å². The molecule has 1 heterocycles. The van der Waals surface area contributed by atoms with E-state index < -0.39 is 0 Å². The molecule has 1 aromatic rings. The zero-order chi connectivity index (χ0) is 14.5. The largest absolute Gasteiger partial charge is 0.313 e. The van der Waals surface area contributed by atoms with E-state index in [1.165, 1.54) is 42.5 Å². The van der Waals surface area contributed by atoms with Crippen molar-refractivity contribution in [2.24, 2.45) is 0 Å². The third-order valence-electron chi connectivity index (χ3n) is 4.38. The lowest BCUT2D eigenvalue weighted by molar-refractivity contribution is 0.193. The van der Waals surface area contributed by atoms with Gasteiger partial charge in [0, 0.05) is 25.2 Å². The lowest BCUT2D eigenvalue weighted by Crippen LogP contribution is -2.39. The molecule has 0 aliphatic carbocycles. The van der Waals surface area contributed by atoms with Gasteiger partial charge < -0.3 is 5.32 Å². The maximum atomic E-state index is 3.71. The van der Waals surface area contributed by atoms with Crippen molar-refractivity contribution < 1.29 is 0 Å². The summed E-state index contributed by atoms with van der Waals surface area (Å²) in [6.45, 7) is 12.5. The fraction of sp³-hybridized carbons (Fsp3) is 0.667. The van der Waals surface area contributed by atoms with Gasteiger partial charge in [-0.05, 0) is 45.7 Å². The van der Waals surface area contributed by atoms with Gasteiger partial charge in [0.2, 0.25) is 0 Å². The first-order valence-corrected chi connectivity index (χ1v) is 8.13. The summed E-state index contributed by atoms with van der Waals surface area (Å²) >= 11 is 0. The van der Waals surface area contributed by atoms with Crippen molar-refractivity contribution in [3.63, 3.8) is 0 Å². The van der Waals surface area contributed by atoms with E-state index in [2.05, 4.69) is 56.1 Å². The second kappa shape index (κ2) is 7.24. The molecule has 0 saturated carbocycles. The highest BCUT2D eigenvalue weighted by molar-refractivity contribution is 5.28. The molecule has 0 radical (unpaired) electrons. The Balaban J connectivity index is 2.07. The Hall–Kier alpha value is -0.860. The molecule has 1 N–H and O–H groups in total. The number of nitrogens with one attached hydrogen (secondary N) is 1. The summed E-state index contributed by atoms with van der Waals surface area (Å²) in [6.07, 6.45) is 3.81. The van der Waals surface area contributed by atoms with Crippen LogP contribution in [0.1, 0.15) is 49.8 Å². The minimum absolute atomic E-state index is 0.663. The molecule has 1 fully saturated rings. The molecule has 2 nitrogen and oxygen atoms in total. The molecule has 2 atom stereocenters. The molecule has 2 heteroatoms. The topological polar surface area (TPSA) is 15.3 Å². The Morgan fingerprint density at radius 2 is 1.90 bits per heavy atom. The van der Waals surface area contributed by atoms with Crippen molar-refractivity contribution in [2.75, 3.05) is 13.1 Å². The standard InChI is InChI=1S/C18H30N2/c1-5-6-18-13-20(16(4)7-8-19-18)12-17-10-14(2)9-15(3)11-17/h9-11,16,18-19H,5-8,12-13H2,1-4H3. The van der Waals surface area contributed by atoms with Crippen LogP contribution in [0.5, 0.6) is 0 Å². The molecule has 0 spiro atoms. The molecule has 0 bridgehead atoms. The lowest BCUT2D eigenvalue weighted by atomic mass is 10.1. The van der Waals surface area contributed by atoms with Gasteiger partial charge in [0.15, 0.2) is 0 Å². The maximum absolute atomic E-state index is 3.71. The molecule has 0 amide bonds. The van der Waals surface area contributed by atoms with Crippen LogP contribution in [-0.4, -0.2) is 30.1 Å². The van der Waals surface area contributed by atoms with Crippen LogP contribution in [0.2, 0.25) is 0 Å². The van der Waals surface area contributed by atoms with E-state index in [9.17, 15) is 0 Å². The summed E-state index contributed by atoms with van der Waals surface area (Å²) < 4.78 is 0. The molecule has 2 unspecified atom stereocenters. The summed E-state index contributed by atoms with van der Waals surface area (Å²) in [7, 11) is 0. The van der Waals surface area contributed by atoms with Gasteiger partial charge in [0.1, 0.15) is 0 Å². The van der Waals surface area contributed by atoms with Gasteiger partial charge in [-0.15, -0.1) is 0 Å². The quantitative estimate of drug-likeness (QED) is 0.901. The molecule has 2 rings (SSSR count). The van der Waals surface area contributed by atoms with Gasteiger partial charge in [-0.3, -0.25) is 4.90 Å². The second-order valence-electron chi connectivity index (χ2n) is 6.50. The highest BCUT2D eigenvalue weighted by atomic mass is 15.2. The second-order valence-corrected chi connectivity index (χ2v) is 6.50. The van der Waals surface area contributed by atoms with Crippen LogP contribution in [0.15, 0.2) is 18.2 Å². The minimum Gasteiger partial charge on any atom is -0.313 e. The number of hydrogen-bond donors (Lipinski definition) is 1. The minimum atomic E-state index is 0.663. The van der Waals surface area contributed by atoms with E-state index in [0.717, 1.165) is 13.1 Å². The van der Waals surface area contributed by atoms with Gasteiger partial charge in [-0.2, -0.15) is 0 Å². The van der Waals surface area contributed by atoms with E-state index in [1.807, 2.05) is 0 Å². The fourth-order valence-corrected chi connectivity index (χ4v) is 3.36. The molecule has 1 aromatic carbocycles. The molecule has 1 aliphatic heterocycles. The lowest BCUT2D eigenvalue weighted by Gasteiger charge is -2.29. The molecule has 1 saturated heterocycles. The van der Waals surface area contributed by atoms with Crippen LogP contribution in [0.25, 0.3) is 0 Å². The van der Waals surface area contributed by atoms with Crippen LogP contribution in [0, 0.1) is 13.8 Å². The van der Waals surface area contributed by atoms with Crippen molar-refractivity contribution in [3.05, 3.63) is 34.9 Å². The number of rotatable bonds is 4. The summed E-state index contributed by atoms with van der Waals surface area (Å²) in [6, 6.07) is 8.28. The van der Waals surface area contributed by atoms with Gasteiger partial charge >= 0.3 is 0 Å². The predicted molar refractivity (Wildman–Crippen MR) is 87.1 cm³/mol. The predicted octanol–water partition coefficient (Wildman–Crippen LogP) is 3.66. The molecule has 20 heavy (non-hydrogen) atoms. The van der Waals surface area contributed by atoms with E-state index in [-0.39, 0.29) is 0 Å². The van der Waals surface area contributed by atoms with Crippen molar-refractivity contribution in [2.45, 2.75) is 65.6 Å². The zero-order valence-electron chi connectivity index (χ0n) is 13.6. The monoisotopic (exact) mass is 274 g/mol. The number of hydrogen-bond acceptors (Lipinski definition) is 2.